The van der Waals surface area contributed by atoms with Crippen molar-refractivity contribution in [3.63, 3.8) is 0 Å². The molecule has 0 N–H and O–H groups in total. The molecule has 1 unspecified atom stereocenters. The van der Waals surface area contributed by atoms with Crippen molar-refractivity contribution in [3.05, 3.63) is 53.3 Å². The minimum Gasteiger partial charge on any atom is -0.484 e. The summed E-state index contributed by atoms with van der Waals surface area (Å²) >= 11 is 0. The molecule has 0 saturated heterocycles. The van der Waals surface area contributed by atoms with Gasteiger partial charge in [-0.25, -0.2) is 8.42 Å². The highest BCUT2D eigenvalue weighted by molar-refractivity contribution is 7.91. The molecule has 0 bridgehead atoms. The van der Waals surface area contributed by atoms with Gasteiger partial charge in [-0.2, -0.15) is 5.26 Å². The van der Waals surface area contributed by atoms with Gasteiger partial charge in [0.25, 0.3) is 0 Å². The highest BCUT2D eigenvalue weighted by atomic mass is 32.2. The number of aromatic nitrogens is 1. The minimum atomic E-state index is -3.02. The second-order valence-electron chi connectivity index (χ2n) is 5.78. The van der Waals surface area contributed by atoms with Crippen molar-refractivity contribution in [2.45, 2.75) is 19.4 Å². The van der Waals surface area contributed by atoms with Crippen LogP contribution in [0, 0.1) is 11.3 Å². The van der Waals surface area contributed by atoms with E-state index < -0.39 is 9.84 Å². The van der Waals surface area contributed by atoms with E-state index in [2.05, 4.69) is 11.1 Å². The fourth-order valence-electron chi connectivity index (χ4n) is 2.59. The van der Waals surface area contributed by atoms with Gasteiger partial charge < -0.3 is 9.47 Å². The number of ether oxygens (including phenoxy) is 2. The molecule has 1 aliphatic rings. The summed E-state index contributed by atoms with van der Waals surface area (Å²) in [5.41, 5.74) is 2.10. The summed E-state index contributed by atoms with van der Waals surface area (Å²) in [6, 6.07) is 9.16. The third kappa shape index (κ3) is 3.91. The topological polar surface area (TPSA) is 89.3 Å². The van der Waals surface area contributed by atoms with Crippen LogP contribution in [0.15, 0.2) is 36.7 Å². The summed E-state index contributed by atoms with van der Waals surface area (Å²) in [7, 11) is -3.02. The molecule has 3 rings (SSSR count). The molecule has 0 amide bonds. The van der Waals surface area contributed by atoms with E-state index in [9.17, 15) is 8.42 Å². The van der Waals surface area contributed by atoms with Crippen molar-refractivity contribution in [3.8, 4) is 17.6 Å². The lowest BCUT2D eigenvalue weighted by Gasteiger charge is -2.27. The molecule has 0 saturated carbocycles. The number of pyridine rings is 1. The number of benzene rings is 1. The maximum absolute atomic E-state index is 11.7. The van der Waals surface area contributed by atoms with Gasteiger partial charge in [-0.3, -0.25) is 4.98 Å². The van der Waals surface area contributed by atoms with Crippen LogP contribution in [0.3, 0.4) is 0 Å². The molecule has 1 aliphatic heterocycles. The number of sulfone groups is 1. The molecule has 0 fully saturated rings. The summed E-state index contributed by atoms with van der Waals surface area (Å²) in [6.07, 6.45) is 3.42. The summed E-state index contributed by atoms with van der Waals surface area (Å²) in [5, 5.41) is 9.11. The third-order valence-electron chi connectivity index (χ3n) is 4.08. The summed E-state index contributed by atoms with van der Waals surface area (Å²) < 4.78 is 35.0. The van der Waals surface area contributed by atoms with Gasteiger partial charge in [0.1, 0.15) is 22.5 Å². The third-order valence-corrected chi connectivity index (χ3v) is 5.78. The van der Waals surface area contributed by atoms with E-state index in [1.54, 1.807) is 37.5 Å². The van der Waals surface area contributed by atoms with Crippen molar-refractivity contribution >= 4 is 9.84 Å². The zero-order valence-electron chi connectivity index (χ0n) is 13.8. The Morgan fingerprint density at radius 3 is 2.96 bits per heavy atom. The summed E-state index contributed by atoms with van der Waals surface area (Å²) in [5.74, 6) is 1.22. The molecule has 0 spiro atoms. The van der Waals surface area contributed by atoms with Gasteiger partial charge in [0.05, 0.1) is 11.3 Å². The molecule has 130 valence electrons. The number of para-hydroxylation sites is 1. The first-order chi connectivity index (χ1) is 12.0. The Kier molecular flexibility index (Phi) is 4.91. The molecule has 1 atom stereocenters. The smallest absolute Gasteiger partial charge is 0.179 e. The molecule has 6 nitrogen and oxygen atoms in total. The highest BCUT2D eigenvalue weighted by Crippen LogP contribution is 2.38. The molecular formula is C18H18N2O4S. The largest absolute Gasteiger partial charge is 0.484 e. The van der Waals surface area contributed by atoms with E-state index in [0.717, 1.165) is 11.1 Å². The molecule has 25 heavy (non-hydrogen) atoms. The van der Waals surface area contributed by atoms with Gasteiger partial charge in [-0.15, -0.1) is 0 Å². The number of hydrogen-bond acceptors (Lipinski definition) is 6. The van der Waals surface area contributed by atoms with Gasteiger partial charge in [-0.05, 0) is 30.2 Å². The maximum Gasteiger partial charge on any atom is 0.179 e. The monoisotopic (exact) mass is 358 g/mol. The van der Waals surface area contributed by atoms with Crippen LogP contribution in [0.1, 0.15) is 29.7 Å². The zero-order chi connectivity index (χ0) is 17.9. The number of nitriles is 1. The fourth-order valence-corrected chi connectivity index (χ4v) is 3.43. The first kappa shape index (κ1) is 17.2. The number of hydrogen-bond donors (Lipinski definition) is 0. The molecule has 1 aromatic heterocycles. The van der Waals surface area contributed by atoms with Crippen LogP contribution in [0.2, 0.25) is 0 Å². The van der Waals surface area contributed by atoms with E-state index in [1.807, 2.05) is 6.07 Å². The first-order valence-electron chi connectivity index (χ1n) is 7.99. The van der Waals surface area contributed by atoms with E-state index >= 15 is 0 Å². The predicted molar refractivity (Wildman–Crippen MR) is 92.3 cm³/mol. The lowest BCUT2D eigenvalue weighted by Crippen LogP contribution is -2.22. The molecule has 2 aromatic rings. The quantitative estimate of drug-likeness (QED) is 0.815. The van der Waals surface area contributed by atoms with Crippen LogP contribution in [-0.4, -0.2) is 31.5 Å². The first-order valence-corrected chi connectivity index (χ1v) is 9.81. The molecular weight excluding hydrogens is 340 g/mol. The fraction of sp³-hybridized carbons (Fsp3) is 0.333. The van der Waals surface area contributed by atoms with Crippen molar-refractivity contribution < 1.29 is 17.9 Å². The maximum atomic E-state index is 11.7. The van der Waals surface area contributed by atoms with Crippen LogP contribution in [-0.2, 0) is 16.3 Å². The Morgan fingerprint density at radius 2 is 2.20 bits per heavy atom. The van der Waals surface area contributed by atoms with Gasteiger partial charge >= 0.3 is 0 Å². The number of rotatable bonds is 5. The Hall–Kier alpha value is -2.59. The SMILES string of the molecule is CCS(=O)(=O)CCc1cncc(C2COc3c(C#N)cccc3O2)c1. The van der Waals surface area contributed by atoms with Crippen LogP contribution >= 0.6 is 0 Å². The van der Waals surface area contributed by atoms with Crippen LogP contribution in [0.4, 0.5) is 0 Å². The second kappa shape index (κ2) is 7.11. The molecule has 0 radical (unpaired) electrons. The number of fused-ring (bicyclic) bond motifs is 1. The lowest BCUT2D eigenvalue weighted by molar-refractivity contribution is 0.0907. The molecule has 7 heteroatoms. The van der Waals surface area contributed by atoms with Crippen molar-refractivity contribution in [2.24, 2.45) is 0 Å². The standard InChI is InChI=1S/C18H18N2O4S/c1-2-25(21,22)7-6-13-8-15(11-20-10-13)17-12-23-18-14(9-19)4-3-5-16(18)24-17/h3-5,8,10-11,17H,2,6-7,12H2,1H3. The van der Waals surface area contributed by atoms with E-state index in [-0.39, 0.29) is 24.2 Å². The minimum absolute atomic E-state index is 0.102. The molecule has 1 aromatic carbocycles. The van der Waals surface area contributed by atoms with Gasteiger partial charge in [0, 0.05) is 23.7 Å². The number of aryl methyl sites for hydroxylation is 1. The average molecular weight is 358 g/mol. The van der Waals surface area contributed by atoms with Crippen molar-refractivity contribution in [1.29, 1.82) is 5.26 Å². The van der Waals surface area contributed by atoms with Crippen molar-refractivity contribution in [2.75, 3.05) is 18.1 Å². The van der Waals surface area contributed by atoms with E-state index in [1.165, 1.54) is 0 Å². The summed E-state index contributed by atoms with van der Waals surface area (Å²) in [6.45, 7) is 1.91. The van der Waals surface area contributed by atoms with Gasteiger partial charge in [0.2, 0.25) is 0 Å². The van der Waals surface area contributed by atoms with Crippen LogP contribution in [0.5, 0.6) is 11.5 Å². The van der Waals surface area contributed by atoms with Crippen LogP contribution < -0.4 is 9.47 Å². The van der Waals surface area contributed by atoms with Crippen LogP contribution in [0.25, 0.3) is 0 Å². The Bertz CT molecular complexity index is 919. The lowest BCUT2D eigenvalue weighted by atomic mass is 10.1. The highest BCUT2D eigenvalue weighted by Gasteiger charge is 2.25. The Labute approximate surface area is 147 Å². The van der Waals surface area contributed by atoms with Gasteiger partial charge in [0.15, 0.2) is 17.6 Å². The Balaban J connectivity index is 1.77. The Morgan fingerprint density at radius 1 is 1.36 bits per heavy atom. The predicted octanol–water partition coefficient (Wildman–Crippen LogP) is 2.44. The van der Waals surface area contributed by atoms with E-state index in [4.69, 9.17) is 14.7 Å². The average Bonchev–Trinajstić information content (AvgIpc) is 2.65. The van der Waals surface area contributed by atoms with Crippen molar-refractivity contribution in [1.82, 2.24) is 4.98 Å². The molecule has 2 heterocycles. The number of nitrogens with zero attached hydrogens (tertiary/aromatic N) is 2. The second-order valence-corrected chi connectivity index (χ2v) is 8.25. The molecule has 0 aliphatic carbocycles. The van der Waals surface area contributed by atoms with Gasteiger partial charge in [-0.1, -0.05) is 13.0 Å². The normalized spacial score (nSPS) is 16.2. The summed E-state index contributed by atoms with van der Waals surface area (Å²) in [4.78, 5) is 4.19. The zero-order valence-corrected chi connectivity index (χ0v) is 14.6. The van der Waals surface area contributed by atoms with E-state index in [0.29, 0.717) is 23.5 Å².